The normalized spacial score (nSPS) is 12.3. The predicted octanol–water partition coefficient (Wildman–Crippen LogP) is 15.1. The smallest absolute Gasteiger partial charge is 0.0667 e. The van der Waals surface area contributed by atoms with E-state index in [1.165, 1.54) is 104 Å². The second kappa shape index (κ2) is 13.0. The first kappa shape index (κ1) is 31.9. The van der Waals surface area contributed by atoms with Crippen molar-refractivity contribution in [2.75, 3.05) is 0 Å². The Labute approximate surface area is 315 Å². The minimum absolute atomic E-state index is 0.986. The number of hydrogen-bond donors (Lipinski definition) is 0. The van der Waals surface area contributed by atoms with E-state index in [2.05, 4.69) is 189 Å². The van der Waals surface area contributed by atoms with Crippen LogP contribution in [0.2, 0.25) is 0 Å². The van der Waals surface area contributed by atoms with Crippen molar-refractivity contribution in [2.45, 2.75) is 13.8 Å². The fourth-order valence-electron chi connectivity index (χ4n) is 8.78. The summed E-state index contributed by atoms with van der Waals surface area (Å²) in [5.41, 5.74) is 9.57. The molecule has 0 bridgehead atoms. The Kier molecular flexibility index (Phi) is 7.66. The highest BCUT2D eigenvalue weighted by Crippen LogP contribution is 2.48. The van der Waals surface area contributed by atoms with Gasteiger partial charge in [-0.05, 0) is 130 Å². The molecule has 1 heteroatoms. The van der Waals surface area contributed by atoms with Gasteiger partial charge in [-0.15, -0.1) is 0 Å². The van der Waals surface area contributed by atoms with Gasteiger partial charge in [0.1, 0.15) is 0 Å². The third-order valence-electron chi connectivity index (χ3n) is 11.1. The summed E-state index contributed by atoms with van der Waals surface area (Å²) in [6.07, 6.45) is 4.01. The average Bonchev–Trinajstić information content (AvgIpc) is 3.23. The van der Waals surface area contributed by atoms with Crippen LogP contribution < -0.4 is 0 Å². The van der Waals surface area contributed by atoms with Gasteiger partial charge in [0.25, 0.3) is 0 Å². The molecule has 0 aromatic heterocycles. The van der Waals surface area contributed by atoms with Gasteiger partial charge in [-0.25, -0.2) is 0 Å². The molecule has 0 atom stereocenters. The minimum Gasteiger partial charge on any atom is -0.261 e. The SMILES string of the molecule is CC=N/C(=C\C)c1c2ccccc2c(-c2ccc3c(-c4ccc5ccccc5c4)c4ccccc4c(-c4ccc5ccccc5c4)c3c2)c2ccccc12. The van der Waals surface area contributed by atoms with Crippen molar-refractivity contribution in [3.8, 4) is 33.4 Å². The number of benzene rings is 10. The summed E-state index contributed by atoms with van der Waals surface area (Å²) in [6, 6.07) is 65.0. The molecular formula is C53H37N. The maximum Gasteiger partial charge on any atom is 0.0667 e. The second-order valence-corrected chi connectivity index (χ2v) is 14.1. The maximum absolute atomic E-state index is 4.85. The molecule has 10 aromatic carbocycles. The van der Waals surface area contributed by atoms with Crippen LogP contribution in [0.5, 0.6) is 0 Å². The van der Waals surface area contributed by atoms with Gasteiger partial charge in [0.05, 0.1) is 5.70 Å². The van der Waals surface area contributed by atoms with Crippen molar-refractivity contribution in [2.24, 2.45) is 4.99 Å². The molecule has 0 aliphatic rings. The molecule has 10 aromatic rings. The number of nitrogens with zero attached hydrogens (tertiary/aromatic N) is 1. The van der Waals surface area contributed by atoms with Gasteiger partial charge in [-0.2, -0.15) is 0 Å². The third kappa shape index (κ3) is 5.04. The van der Waals surface area contributed by atoms with Crippen LogP contribution in [0.1, 0.15) is 19.4 Å². The zero-order valence-corrected chi connectivity index (χ0v) is 30.3. The van der Waals surface area contributed by atoms with Gasteiger partial charge in [0.15, 0.2) is 0 Å². The summed E-state index contributed by atoms with van der Waals surface area (Å²) >= 11 is 0. The van der Waals surface area contributed by atoms with Crippen molar-refractivity contribution in [1.82, 2.24) is 0 Å². The van der Waals surface area contributed by atoms with E-state index in [9.17, 15) is 0 Å². The second-order valence-electron chi connectivity index (χ2n) is 14.1. The van der Waals surface area contributed by atoms with Crippen molar-refractivity contribution in [1.29, 1.82) is 0 Å². The van der Waals surface area contributed by atoms with Gasteiger partial charge in [0, 0.05) is 11.8 Å². The standard InChI is InChI=1S/C53H37N/c1-3-49(54-4-2)53-45-23-13-11-21-43(45)51(44-22-12-14-24-46(44)53)40-29-30-47-48(33-40)52(39-28-26-35-16-6-8-18-37(35)32-39)42-20-10-9-19-41(42)50(47)38-27-25-34-15-5-7-17-36(34)31-38/h3-33H,1-2H3/b49-3-,54-4?. The Morgan fingerprint density at radius 1 is 0.352 bits per heavy atom. The molecule has 0 saturated heterocycles. The van der Waals surface area contributed by atoms with E-state index in [0.29, 0.717) is 0 Å². The summed E-state index contributed by atoms with van der Waals surface area (Å²) in [7, 11) is 0. The van der Waals surface area contributed by atoms with Gasteiger partial charge in [-0.3, -0.25) is 4.99 Å². The number of rotatable bonds is 5. The Bertz CT molecular complexity index is 3120. The van der Waals surface area contributed by atoms with Crippen LogP contribution in [0.4, 0.5) is 0 Å². The topological polar surface area (TPSA) is 12.4 Å². The Balaban J connectivity index is 1.35. The van der Waals surface area contributed by atoms with E-state index >= 15 is 0 Å². The molecule has 0 aliphatic heterocycles. The lowest BCUT2D eigenvalue weighted by Crippen LogP contribution is -1.94. The van der Waals surface area contributed by atoms with Crippen molar-refractivity contribution >= 4 is 76.5 Å². The molecule has 0 fully saturated rings. The Morgan fingerprint density at radius 2 is 0.722 bits per heavy atom. The first-order valence-electron chi connectivity index (χ1n) is 18.8. The van der Waals surface area contributed by atoms with Crippen LogP contribution in [0.15, 0.2) is 187 Å². The van der Waals surface area contributed by atoms with E-state index < -0.39 is 0 Å². The van der Waals surface area contributed by atoms with Crippen molar-refractivity contribution in [3.05, 3.63) is 188 Å². The number of fused-ring (bicyclic) bond motifs is 6. The van der Waals surface area contributed by atoms with Crippen LogP contribution in [-0.4, -0.2) is 6.21 Å². The molecular weight excluding hydrogens is 651 g/mol. The Morgan fingerprint density at radius 3 is 1.20 bits per heavy atom. The zero-order chi connectivity index (χ0) is 36.2. The van der Waals surface area contributed by atoms with Crippen LogP contribution in [0, 0.1) is 0 Å². The lowest BCUT2D eigenvalue weighted by molar-refractivity contribution is 1.53. The molecule has 0 unspecified atom stereocenters. The Hall–Kier alpha value is -6.83. The van der Waals surface area contributed by atoms with E-state index in [4.69, 9.17) is 4.99 Å². The lowest BCUT2D eigenvalue weighted by Gasteiger charge is -2.21. The zero-order valence-electron chi connectivity index (χ0n) is 30.3. The first-order valence-corrected chi connectivity index (χ1v) is 18.8. The molecule has 0 radical (unpaired) electrons. The number of allylic oxidation sites excluding steroid dienone is 1. The quantitative estimate of drug-likeness (QED) is 0.126. The fraction of sp³-hybridized carbons (Fsp3) is 0.0377. The van der Waals surface area contributed by atoms with E-state index in [1.807, 2.05) is 13.1 Å². The van der Waals surface area contributed by atoms with Crippen molar-refractivity contribution in [3.63, 3.8) is 0 Å². The summed E-state index contributed by atoms with van der Waals surface area (Å²) < 4.78 is 0. The molecule has 10 rings (SSSR count). The molecule has 0 amide bonds. The van der Waals surface area contributed by atoms with Gasteiger partial charge < -0.3 is 0 Å². The molecule has 0 heterocycles. The largest absolute Gasteiger partial charge is 0.261 e. The van der Waals surface area contributed by atoms with E-state index in [1.54, 1.807) is 0 Å². The van der Waals surface area contributed by atoms with Gasteiger partial charge in [-0.1, -0.05) is 164 Å². The number of aliphatic imine (C=N–C) groups is 1. The molecule has 0 aliphatic carbocycles. The average molecular weight is 688 g/mol. The fourth-order valence-corrected chi connectivity index (χ4v) is 8.78. The van der Waals surface area contributed by atoms with Crippen LogP contribution in [0.3, 0.4) is 0 Å². The highest BCUT2D eigenvalue weighted by Gasteiger charge is 2.21. The van der Waals surface area contributed by atoms with Crippen molar-refractivity contribution < 1.29 is 0 Å². The summed E-state index contributed by atoms with van der Waals surface area (Å²) in [5.74, 6) is 0. The molecule has 254 valence electrons. The molecule has 1 nitrogen and oxygen atoms in total. The summed E-state index contributed by atoms with van der Waals surface area (Å²) in [6.45, 7) is 4.06. The van der Waals surface area contributed by atoms with E-state index in [0.717, 1.165) is 5.70 Å². The van der Waals surface area contributed by atoms with Crippen LogP contribution in [-0.2, 0) is 0 Å². The highest BCUT2D eigenvalue weighted by molar-refractivity contribution is 6.24. The van der Waals surface area contributed by atoms with Gasteiger partial charge >= 0.3 is 0 Å². The van der Waals surface area contributed by atoms with Crippen LogP contribution >= 0.6 is 0 Å². The molecule has 0 spiro atoms. The van der Waals surface area contributed by atoms with Crippen LogP contribution in [0.25, 0.3) is 104 Å². The van der Waals surface area contributed by atoms with E-state index in [-0.39, 0.29) is 0 Å². The third-order valence-corrected chi connectivity index (χ3v) is 11.1. The molecule has 54 heavy (non-hydrogen) atoms. The van der Waals surface area contributed by atoms with Gasteiger partial charge in [0.2, 0.25) is 0 Å². The number of hydrogen-bond acceptors (Lipinski definition) is 1. The summed E-state index contributed by atoms with van der Waals surface area (Å²) in [5, 5.41) is 14.8. The lowest BCUT2D eigenvalue weighted by atomic mass is 9.82. The first-order chi connectivity index (χ1) is 26.7. The summed E-state index contributed by atoms with van der Waals surface area (Å²) in [4.78, 5) is 4.85. The minimum atomic E-state index is 0.986. The highest BCUT2D eigenvalue weighted by atomic mass is 14.7. The monoisotopic (exact) mass is 687 g/mol. The molecule has 0 N–H and O–H groups in total. The maximum atomic E-state index is 4.85. The molecule has 0 saturated carbocycles. The predicted molar refractivity (Wildman–Crippen MR) is 236 cm³/mol.